The lowest BCUT2D eigenvalue weighted by molar-refractivity contribution is -0.211. The van der Waals surface area contributed by atoms with Crippen molar-refractivity contribution < 1.29 is 14.6 Å². The Morgan fingerprint density at radius 3 is 2.43 bits per heavy atom. The van der Waals surface area contributed by atoms with E-state index in [2.05, 4.69) is 40.5 Å². The number of carbonyl (C=O) groups is 1. The number of rotatable bonds is 3. The van der Waals surface area contributed by atoms with E-state index in [0.717, 1.165) is 25.7 Å². The Morgan fingerprint density at radius 1 is 1.07 bits per heavy atom. The first-order valence-electron chi connectivity index (χ1n) is 11.4. The van der Waals surface area contributed by atoms with E-state index < -0.39 is 17.0 Å². The van der Waals surface area contributed by atoms with E-state index in [4.69, 9.17) is 11.2 Å². The zero-order chi connectivity index (χ0) is 20.7. The predicted molar refractivity (Wildman–Crippen MR) is 112 cm³/mol. The number of carbonyl (C=O) groups excluding carboxylic acids is 1. The lowest BCUT2D eigenvalue weighted by atomic mass is 9.45. The second-order valence-electron chi connectivity index (χ2n) is 10.9. The number of esters is 1. The van der Waals surface area contributed by atoms with Crippen molar-refractivity contribution in [2.75, 3.05) is 6.61 Å². The van der Waals surface area contributed by atoms with Gasteiger partial charge in [0.25, 0.3) is 0 Å². The van der Waals surface area contributed by atoms with Crippen LogP contribution in [0.4, 0.5) is 0 Å². The first-order valence-corrected chi connectivity index (χ1v) is 11.4. The Kier molecular flexibility index (Phi) is 5.95. The highest BCUT2D eigenvalue weighted by Crippen LogP contribution is 2.62. The molecule has 0 amide bonds. The van der Waals surface area contributed by atoms with Crippen LogP contribution in [0.5, 0.6) is 0 Å². The fourth-order valence-corrected chi connectivity index (χ4v) is 7.31. The molecule has 3 saturated carbocycles. The highest BCUT2D eigenvalue weighted by Gasteiger charge is 2.62. The Hall–Kier alpha value is -1.01. The van der Waals surface area contributed by atoms with E-state index in [1.165, 1.54) is 12.8 Å². The fraction of sp³-hybridized carbons (Fsp3) is 0.880. The Balaban J connectivity index is 1.94. The summed E-state index contributed by atoms with van der Waals surface area (Å²) in [5.41, 5.74) is -1.48. The van der Waals surface area contributed by atoms with Crippen molar-refractivity contribution in [3.63, 3.8) is 0 Å². The van der Waals surface area contributed by atoms with E-state index in [1.807, 2.05) is 0 Å². The van der Waals surface area contributed by atoms with Crippen molar-refractivity contribution in [1.82, 2.24) is 0 Å². The van der Waals surface area contributed by atoms with Crippen LogP contribution >= 0.6 is 0 Å². The maximum Gasteiger partial charge on any atom is 0.338 e. The van der Waals surface area contributed by atoms with Gasteiger partial charge in [0.1, 0.15) is 6.61 Å². The van der Waals surface area contributed by atoms with Gasteiger partial charge in [-0.2, -0.15) is 0 Å². The summed E-state index contributed by atoms with van der Waals surface area (Å²) < 4.78 is 5.47. The zero-order valence-corrected chi connectivity index (χ0v) is 18.6. The molecule has 7 atom stereocenters. The van der Waals surface area contributed by atoms with Crippen LogP contribution in [0.2, 0.25) is 0 Å². The Bertz CT molecular complexity index is 632. The zero-order valence-electron chi connectivity index (χ0n) is 18.6. The van der Waals surface area contributed by atoms with Crippen molar-refractivity contribution in [2.45, 2.75) is 91.6 Å². The van der Waals surface area contributed by atoms with Crippen LogP contribution in [-0.2, 0) is 9.53 Å². The third-order valence-corrected chi connectivity index (χ3v) is 9.41. The second-order valence-corrected chi connectivity index (χ2v) is 10.9. The molecule has 0 heterocycles. The summed E-state index contributed by atoms with van der Waals surface area (Å²) in [6, 6.07) is 0. The van der Waals surface area contributed by atoms with E-state index in [9.17, 15) is 9.90 Å². The topological polar surface area (TPSA) is 46.5 Å². The quantitative estimate of drug-likeness (QED) is 0.410. The van der Waals surface area contributed by atoms with Crippen LogP contribution in [-0.4, -0.2) is 23.3 Å². The molecule has 28 heavy (non-hydrogen) atoms. The van der Waals surface area contributed by atoms with Gasteiger partial charge >= 0.3 is 5.97 Å². The normalized spacial score (nSPS) is 45.1. The smallest absolute Gasteiger partial charge is 0.338 e. The van der Waals surface area contributed by atoms with Crippen LogP contribution in [0.3, 0.4) is 0 Å². The van der Waals surface area contributed by atoms with Gasteiger partial charge in [-0.05, 0) is 73.5 Å². The highest BCUT2D eigenvalue weighted by atomic mass is 16.5. The molecule has 0 aromatic rings. The molecule has 2 bridgehead atoms. The highest BCUT2D eigenvalue weighted by molar-refractivity contribution is 5.80. The minimum absolute atomic E-state index is 0.198. The summed E-state index contributed by atoms with van der Waals surface area (Å²) in [5.74, 6) is 4.98. The fourth-order valence-electron chi connectivity index (χ4n) is 7.31. The largest absolute Gasteiger partial charge is 0.463 e. The van der Waals surface area contributed by atoms with E-state index >= 15 is 0 Å². The summed E-state index contributed by atoms with van der Waals surface area (Å²) in [5, 5.41) is 11.8. The number of terminal acetylenes is 1. The molecule has 3 aliphatic rings. The standard InChI is InChI=1S/C25H40O3/c1-7-8-15-28-22(26)25(27)14-11-18(3)21-16-19-10-9-17(2)20(23(19,4)5)12-13-24(21,25)6/h1,17-21,27H,8-16H2,2-6H3/t17-,18-,19+,20+,21-,24+,25?/m1/s1. The van der Waals surface area contributed by atoms with Crippen LogP contribution in [0, 0.1) is 52.8 Å². The van der Waals surface area contributed by atoms with Crippen molar-refractivity contribution in [2.24, 2.45) is 40.4 Å². The Morgan fingerprint density at radius 2 is 1.75 bits per heavy atom. The van der Waals surface area contributed by atoms with Crippen LogP contribution < -0.4 is 0 Å². The molecule has 3 fully saturated rings. The van der Waals surface area contributed by atoms with Gasteiger partial charge in [0.15, 0.2) is 5.60 Å². The third-order valence-electron chi connectivity index (χ3n) is 9.41. The van der Waals surface area contributed by atoms with Gasteiger partial charge in [-0.3, -0.25) is 0 Å². The van der Waals surface area contributed by atoms with Crippen molar-refractivity contribution in [1.29, 1.82) is 0 Å². The van der Waals surface area contributed by atoms with E-state index in [-0.39, 0.29) is 6.61 Å². The summed E-state index contributed by atoms with van der Waals surface area (Å²) >= 11 is 0. The molecule has 158 valence electrons. The van der Waals surface area contributed by atoms with Crippen LogP contribution in [0.15, 0.2) is 0 Å². The molecule has 0 aromatic carbocycles. The molecule has 0 aliphatic heterocycles. The number of ether oxygens (including phenoxy) is 1. The molecule has 0 radical (unpaired) electrons. The summed E-state index contributed by atoms with van der Waals surface area (Å²) in [4.78, 5) is 13.1. The average molecular weight is 389 g/mol. The van der Waals surface area contributed by atoms with Gasteiger partial charge in [-0.15, -0.1) is 12.3 Å². The second kappa shape index (κ2) is 7.67. The number of hydrogen-bond acceptors (Lipinski definition) is 3. The predicted octanol–water partition coefficient (Wildman–Crippen LogP) is 5.21. The molecular weight excluding hydrogens is 348 g/mol. The molecule has 3 nitrogen and oxygen atoms in total. The van der Waals surface area contributed by atoms with Crippen LogP contribution in [0.1, 0.15) is 86.0 Å². The molecule has 0 aromatic heterocycles. The summed E-state index contributed by atoms with van der Waals surface area (Å²) in [6.45, 7) is 12.0. The van der Waals surface area contributed by atoms with Gasteiger partial charge in [0.2, 0.25) is 0 Å². The van der Waals surface area contributed by atoms with Gasteiger partial charge in [-0.25, -0.2) is 4.79 Å². The molecule has 3 heteroatoms. The van der Waals surface area contributed by atoms with E-state index in [1.54, 1.807) is 0 Å². The maximum atomic E-state index is 13.1. The molecule has 3 aliphatic carbocycles. The molecule has 1 N–H and O–H groups in total. The minimum atomic E-state index is -1.39. The van der Waals surface area contributed by atoms with Crippen molar-refractivity contribution in [3.8, 4) is 12.3 Å². The minimum Gasteiger partial charge on any atom is -0.463 e. The van der Waals surface area contributed by atoms with Gasteiger partial charge in [0, 0.05) is 11.8 Å². The summed E-state index contributed by atoms with van der Waals surface area (Å²) in [7, 11) is 0. The van der Waals surface area contributed by atoms with Crippen molar-refractivity contribution in [3.05, 3.63) is 0 Å². The third kappa shape index (κ3) is 3.30. The molecule has 3 rings (SSSR count). The molecule has 0 saturated heterocycles. The number of fused-ring (bicyclic) bond motifs is 3. The van der Waals surface area contributed by atoms with Crippen molar-refractivity contribution >= 4 is 5.97 Å². The molecule has 1 unspecified atom stereocenters. The Labute approximate surface area is 172 Å². The number of aliphatic hydroxyl groups is 1. The maximum absolute atomic E-state index is 13.1. The first-order chi connectivity index (χ1) is 13.1. The van der Waals surface area contributed by atoms with Crippen LogP contribution in [0.25, 0.3) is 0 Å². The first kappa shape index (κ1) is 21.7. The average Bonchev–Trinajstić information content (AvgIpc) is 2.63. The van der Waals surface area contributed by atoms with E-state index in [0.29, 0.717) is 47.8 Å². The van der Waals surface area contributed by atoms with Gasteiger partial charge in [0.05, 0.1) is 0 Å². The summed E-state index contributed by atoms with van der Waals surface area (Å²) in [6.07, 6.45) is 12.8. The monoisotopic (exact) mass is 388 g/mol. The van der Waals surface area contributed by atoms with Gasteiger partial charge < -0.3 is 9.84 Å². The lowest BCUT2D eigenvalue weighted by Gasteiger charge is -2.60. The lowest BCUT2D eigenvalue weighted by Crippen LogP contribution is -2.62. The SMILES string of the molecule is C#CCCOC(=O)C1(O)CC[C@@H](C)[C@H]2C[C@@H]3CC[C@@H](C)[C@H](CC[C@@]21C)C3(C)C. The molecular formula is C25H40O3. The molecule has 0 spiro atoms. The van der Waals surface area contributed by atoms with Gasteiger partial charge in [-0.1, -0.05) is 41.0 Å². The number of hydrogen-bond donors (Lipinski definition) is 1.